The highest BCUT2D eigenvalue weighted by molar-refractivity contribution is 9.10. The van der Waals surface area contributed by atoms with Crippen molar-refractivity contribution in [3.63, 3.8) is 0 Å². The first kappa shape index (κ1) is 7.45. The molecule has 0 saturated carbocycles. The molecule has 0 amide bonds. The normalized spacial score (nSPS) is 8.90. The molecule has 0 aliphatic heterocycles. The quantitative estimate of drug-likeness (QED) is 0.667. The maximum absolute atomic E-state index is 8.36. The van der Waals surface area contributed by atoms with Crippen molar-refractivity contribution in [2.75, 3.05) is 0 Å². The van der Waals surface area contributed by atoms with Gasteiger partial charge in [-0.15, -0.1) is 0 Å². The molecule has 1 rings (SSSR count). The summed E-state index contributed by atoms with van der Waals surface area (Å²) in [6, 6.07) is 1.80. The standard InChI is InChI=1S/C5HBrClN3/c6-4-2-9-3(1-8)5(7)10-4/h2H. The first-order chi connectivity index (χ1) is 4.74. The minimum absolute atomic E-state index is 0.122. The smallest absolute Gasteiger partial charge is 0.177 e. The molecule has 5 heteroatoms. The van der Waals surface area contributed by atoms with Crippen LogP contribution in [0.4, 0.5) is 0 Å². The number of halogens is 2. The molecule has 0 unspecified atom stereocenters. The van der Waals surface area contributed by atoms with Gasteiger partial charge in [-0.3, -0.25) is 0 Å². The van der Waals surface area contributed by atoms with E-state index in [-0.39, 0.29) is 10.8 Å². The molecule has 1 aromatic rings. The molecule has 10 heavy (non-hydrogen) atoms. The number of rotatable bonds is 0. The second-order valence-corrected chi connectivity index (χ2v) is 2.61. The van der Waals surface area contributed by atoms with Crippen LogP contribution in [0.15, 0.2) is 10.8 Å². The highest BCUT2D eigenvalue weighted by Crippen LogP contribution is 2.12. The maximum Gasteiger partial charge on any atom is 0.177 e. The fourth-order valence-electron chi connectivity index (χ4n) is 0.422. The lowest BCUT2D eigenvalue weighted by molar-refractivity contribution is 1.13. The zero-order chi connectivity index (χ0) is 7.56. The molecule has 0 saturated heterocycles. The minimum Gasteiger partial charge on any atom is -0.240 e. The second kappa shape index (κ2) is 2.95. The third-order valence-corrected chi connectivity index (χ3v) is 1.45. The van der Waals surface area contributed by atoms with Crippen LogP contribution in [0.25, 0.3) is 0 Å². The summed E-state index contributed by atoms with van der Waals surface area (Å²) in [7, 11) is 0. The number of nitriles is 1. The second-order valence-electron chi connectivity index (χ2n) is 1.44. The molecule has 0 spiro atoms. The Bertz CT molecular complexity index is 293. The van der Waals surface area contributed by atoms with Crippen LogP contribution >= 0.6 is 27.5 Å². The van der Waals surface area contributed by atoms with E-state index in [1.165, 1.54) is 6.20 Å². The number of hydrogen-bond acceptors (Lipinski definition) is 3. The van der Waals surface area contributed by atoms with Gasteiger partial charge >= 0.3 is 0 Å². The third-order valence-electron chi connectivity index (χ3n) is 0.806. The van der Waals surface area contributed by atoms with Gasteiger partial charge in [-0.2, -0.15) is 5.26 Å². The molecule has 0 atom stereocenters. The van der Waals surface area contributed by atoms with Crippen LogP contribution in [0, 0.1) is 11.3 Å². The van der Waals surface area contributed by atoms with Gasteiger partial charge in [0, 0.05) is 0 Å². The average Bonchev–Trinajstić information content (AvgIpc) is 1.88. The lowest BCUT2D eigenvalue weighted by atomic mass is 10.5. The number of nitrogens with zero attached hydrogens (tertiary/aromatic N) is 3. The molecule has 1 heterocycles. The van der Waals surface area contributed by atoms with Crippen LogP contribution in [0.3, 0.4) is 0 Å². The Balaban J connectivity index is 3.23. The Hall–Kier alpha value is -0.660. The van der Waals surface area contributed by atoms with Crippen molar-refractivity contribution in [2.45, 2.75) is 0 Å². The zero-order valence-corrected chi connectivity index (χ0v) is 7.02. The Morgan fingerprint density at radius 2 is 2.40 bits per heavy atom. The third kappa shape index (κ3) is 1.43. The molecule has 0 aliphatic rings. The van der Waals surface area contributed by atoms with Crippen molar-refractivity contribution < 1.29 is 0 Å². The summed E-state index contributed by atoms with van der Waals surface area (Å²) in [5.41, 5.74) is 0.143. The summed E-state index contributed by atoms with van der Waals surface area (Å²) < 4.78 is 0.525. The van der Waals surface area contributed by atoms with Crippen molar-refractivity contribution in [3.05, 3.63) is 21.6 Å². The fraction of sp³-hybridized carbons (Fsp3) is 0. The van der Waals surface area contributed by atoms with E-state index in [1.54, 1.807) is 6.07 Å². The summed E-state index contributed by atoms with van der Waals surface area (Å²) in [5.74, 6) is 0. The van der Waals surface area contributed by atoms with E-state index in [1.807, 2.05) is 0 Å². The predicted molar refractivity (Wildman–Crippen MR) is 39.5 cm³/mol. The molecule has 3 nitrogen and oxygen atoms in total. The van der Waals surface area contributed by atoms with Crippen LogP contribution in [0.1, 0.15) is 5.69 Å². The van der Waals surface area contributed by atoms with E-state index >= 15 is 0 Å². The molecule has 1 aromatic heterocycles. The molecular formula is C5HBrClN3. The topological polar surface area (TPSA) is 49.6 Å². The van der Waals surface area contributed by atoms with E-state index < -0.39 is 0 Å². The van der Waals surface area contributed by atoms with Gasteiger partial charge in [-0.05, 0) is 15.9 Å². The van der Waals surface area contributed by atoms with E-state index in [9.17, 15) is 0 Å². The van der Waals surface area contributed by atoms with Gasteiger partial charge in [0.05, 0.1) is 6.20 Å². The number of hydrogen-bond donors (Lipinski definition) is 0. The van der Waals surface area contributed by atoms with Gasteiger partial charge in [0.25, 0.3) is 0 Å². The van der Waals surface area contributed by atoms with E-state index in [4.69, 9.17) is 16.9 Å². The molecule has 0 aliphatic carbocycles. The summed E-state index contributed by atoms with van der Waals surface area (Å²) in [6.07, 6.45) is 1.42. The van der Waals surface area contributed by atoms with Gasteiger partial charge in [0.2, 0.25) is 0 Å². The molecule has 50 valence electrons. The minimum atomic E-state index is 0.122. The van der Waals surface area contributed by atoms with Crippen molar-refractivity contribution in [1.82, 2.24) is 9.97 Å². The predicted octanol–water partition coefficient (Wildman–Crippen LogP) is 1.76. The average molecular weight is 218 g/mol. The first-order valence-corrected chi connectivity index (χ1v) is 3.49. The van der Waals surface area contributed by atoms with Crippen LogP contribution in [-0.4, -0.2) is 9.97 Å². The molecule has 0 bridgehead atoms. The van der Waals surface area contributed by atoms with Gasteiger partial charge in [0.1, 0.15) is 10.7 Å². The van der Waals surface area contributed by atoms with Crippen molar-refractivity contribution in [3.8, 4) is 6.07 Å². The lowest BCUT2D eigenvalue weighted by Gasteiger charge is -1.91. The monoisotopic (exact) mass is 217 g/mol. The molecule has 0 N–H and O–H groups in total. The van der Waals surface area contributed by atoms with Crippen molar-refractivity contribution in [2.24, 2.45) is 0 Å². The lowest BCUT2D eigenvalue weighted by Crippen LogP contribution is -1.87. The SMILES string of the molecule is N#Cc1ncc(Br)nc1Cl. The van der Waals surface area contributed by atoms with Crippen LogP contribution < -0.4 is 0 Å². The van der Waals surface area contributed by atoms with Crippen LogP contribution in [0.5, 0.6) is 0 Å². The van der Waals surface area contributed by atoms with Crippen molar-refractivity contribution in [1.29, 1.82) is 5.26 Å². The van der Waals surface area contributed by atoms with E-state index in [0.29, 0.717) is 4.60 Å². The Labute approximate surface area is 70.8 Å². The summed E-state index contributed by atoms with van der Waals surface area (Å²) >= 11 is 8.56. The van der Waals surface area contributed by atoms with Gasteiger partial charge in [-0.1, -0.05) is 11.6 Å². The summed E-state index contributed by atoms with van der Waals surface area (Å²) in [5, 5.41) is 8.48. The maximum atomic E-state index is 8.36. The highest BCUT2D eigenvalue weighted by Gasteiger charge is 2.00. The summed E-state index contributed by atoms with van der Waals surface area (Å²) in [6.45, 7) is 0. The Morgan fingerprint density at radius 3 is 2.90 bits per heavy atom. The zero-order valence-electron chi connectivity index (χ0n) is 4.67. The van der Waals surface area contributed by atoms with Gasteiger partial charge in [-0.25, -0.2) is 9.97 Å². The summed E-state index contributed by atoms with van der Waals surface area (Å²) in [4.78, 5) is 7.44. The number of aromatic nitrogens is 2. The van der Waals surface area contributed by atoms with Crippen LogP contribution in [0.2, 0.25) is 5.15 Å². The van der Waals surface area contributed by atoms with Crippen molar-refractivity contribution >= 4 is 27.5 Å². The van der Waals surface area contributed by atoms with E-state index in [0.717, 1.165) is 0 Å². The molecule has 0 aromatic carbocycles. The molecule has 0 fully saturated rings. The molecule has 0 radical (unpaired) electrons. The van der Waals surface area contributed by atoms with E-state index in [2.05, 4.69) is 25.9 Å². The van der Waals surface area contributed by atoms with Crippen LogP contribution in [-0.2, 0) is 0 Å². The molecular weight excluding hydrogens is 217 g/mol. The Morgan fingerprint density at radius 1 is 1.70 bits per heavy atom. The largest absolute Gasteiger partial charge is 0.240 e. The van der Waals surface area contributed by atoms with Gasteiger partial charge < -0.3 is 0 Å². The fourth-order valence-corrected chi connectivity index (χ4v) is 0.986. The van der Waals surface area contributed by atoms with Gasteiger partial charge in [0.15, 0.2) is 10.8 Å². The first-order valence-electron chi connectivity index (χ1n) is 2.32. The Kier molecular flexibility index (Phi) is 2.20. The highest BCUT2D eigenvalue weighted by atomic mass is 79.9.